The molecule has 0 aromatic heterocycles. The Hall–Kier alpha value is -0.930. The lowest BCUT2D eigenvalue weighted by Crippen LogP contribution is -2.58. The summed E-state index contributed by atoms with van der Waals surface area (Å²) >= 11 is 0. The number of benzene rings is 1. The van der Waals surface area contributed by atoms with Crippen molar-refractivity contribution in [3.8, 4) is 0 Å². The van der Waals surface area contributed by atoms with Crippen LogP contribution in [0.5, 0.6) is 0 Å². The van der Waals surface area contributed by atoms with Gasteiger partial charge in [0.2, 0.25) is 0 Å². The number of halogens is 1. The van der Waals surface area contributed by atoms with Crippen LogP contribution in [0.3, 0.4) is 0 Å². The molecule has 0 spiro atoms. The van der Waals surface area contributed by atoms with Crippen molar-refractivity contribution < 1.29 is 9.13 Å². The topological polar surface area (TPSA) is 35.2 Å². The Bertz CT molecular complexity index is 436. The number of nitrogens with two attached hydrogens (primary N) is 1. The Morgan fingerprint density at radius 1 is 1.35 bits per heavy atom. The molecule has 2 N–H and O–H groups in total. The molecule has 2 aliphatic rings. The quantitative estimate of drug-likeness (QED) is 0.852. The lowest BCUT2D eigenvalue weighted by atomic mass is 9.59. The molecule has 1 saturated carbocycles. The van der Waals surface area contributed by atoms with Gasteiger partial charge in [0.1, 0.15) is 5.82 Å². The molecular weight excluding hydrogens is 217 g/mol. The average Bonchev–Trinajstić information content (AvgIpc) is 2.19. The number of hydrogen-bond donors (Lipinski definition) is 1. The van der Waals surface area contributed by atoms with E-state index in [9.17, 15) is 4.39 Å². The third-order valence-corrected chi connectivity index (χ3v) is 4.41. The molecule has 1 aliphatic heterocycles. The monoisotopic (exact) mass is 235 g/mol. The zero-order valence-corrected chi connectivity index (χ0v) is 10.1. The summed E-state index contributed by atoms with van der Waals surface area (Å²) in [7, 11) is 0. The van der Waals surface area contributed by atoms with E-state index in [1.54, 1.807) is 6.07 Å². The van der Waals surface area contributed by atoms with Crippen LogP contribution >= 0.6 is 0 Å². The number of hydrogen-bond acceptors (Lipinski definition) is 2. The standard InChI is InChI=1S/C14H18FNO/c1-9-4-10(2-3-13(9)15)14(7-17-8-14)11-5-12(16)6-11/h2-4,11-12H,5-8,16H2,1H3. The van der Waals surface area contributed by atoms with E-state index in [4.69, 9.17) is 10.5 Å². The molecule has 1 aromatic carbocycles. The molecule has 17 heavy (non-hydrogen) atoms. The molecule has 1 saturated heterocycles. The minimum atomic E-state index is -0.130. The minimum absolute atomic E-state index is 0.105. The smallest absolute Gasteiger partial charge is 0.126 e. The van der Waals surface area contributed by atoms with E-state index in [1.807, 2.05) is 19.1 Å². The summed E-state index contributed by atoms with van der Waals surface area (Å²) in [4.78, 5) is 0. The van der Waals surface area contributed by atoms with Gasteiger partial charge in [0.25, 0.3) is 0 Å². The summed E-state index contributed by atoms with van der Waals surface area (Å²) < 4.78 is 18.7. The molecule has 2 fully saturated rings. The van der Waals surface area contributed by atoms with Gasteiger partial charge in [-0.05, 0) is 42.9 Å². The van der Waals surface area contributed by atoms with Crippen molar-refractivity contribution in [2.75, 3.05) is 13.2 Å². The molecule has 1 heterocycles. The number of aryl methyl sites for hydroxylation is 1. The van der Waals surface area contributed by atoms with Crippen LogP contribution in [0.2, 0.25) is 0 Å². The Morgan fingerprint density at radius 2 is 2.06 bits per heavy atom. The van der Waals surface area contributed by atoms with Crippen LogP contribution in [-0.4, -0.2) is 19.3 Å². The van der Waals surface area contributed by atoms with E-state index < -0.39 is 0 Å². The second-order valence-corrected chi connectivity index (χ2v) is 5.54. The molecular formula is C14H18FNO. The van der Waals surface area contributed by atoms with Crippen LogP contribution in [-0.2, 0) is 10.2 Å². The van der Waals surface area contributed by atoms with Crippen LogP contribution in [0.4, 0.5) is 4.39 Å². The molecule has 0 atom stereocenters. The Labute approximate surface area is 101 Å². The van der Waals surface area contributed by atoms with Crippen LogP contribution < -0.4 is 5.73 Å². The largest absolute Gasteiger partial charge is 0.379 e. The van der Waals surface area contributed by atoms with Crippen molar-refractivity contribution in [3.63, 3.8) is 0 Å². The van der Waals surface area contributed by atoms with Gasteiger partial charge >= 0.3 is 0 Å². The van der Waals surface area contributed by atoms with Crippen molar-refractivity contribution in [2.24, 2.45) is 11.7 Å². The maximum absolute atomic E-state index is 13.3. The van der Waals surface area contributed by atoms with Gasteiger partial charge in [-0.1, -0.05) is 12.1 Å². The first kappa shape index (κ1) is 11.2. The lowest BCUT2D eigenvalue weighted by molar-refractivity contribution is -0.111. The van der Waals surface area contributed by atoms with E-state index in [-0.39, 0.29) is 11.2 Å². The normalized spacial score (nSPS) is 30.5. The molecule has 0 unspecified atom stereocenters. The van der Waals surface area contributed by atoms with Crippen LogP contribution in [0.15, 0.2) is 18.2 Å². The summed E-state index contributed by atoms with van der Waals surface area (Å²) in [5.74, 6) is 0.477. The van der Waals surface area contributed by atoms with E-state index in [0.29, 0.717) is 12.0 Å². The molecule has 92 valence electrons. The van der Waals surface area contributed by atoms with Gasteiger partial charge in [-0.15, -0.1) is 0 Å². The third kappa shape index (κ3) is 1.60. The van der Waals surface area contributed by atoms with E-state index in [0.717, 1.165) is 31.6 Å². The molecule has 1 aliphatic carbocycles. The summed E-state index contributed by atoms with van der Waals surface area (Å²) in [6.07, 6.45) is 2.14. The van der Waals surface area contributed by atoms with Gasteiger partial charge in [0.15, 0.2) is 0 Å². The SMILES string of the molecule is Cc1cc(C2(C3CC(N)C3)COC2)ccc1F. The molecule has 3 heteroatoms. The summed E-state index contributed by atoms with van der Waals surface area (Å²) in [5, 5.41) is 0. The first-order valence-corrected chi connectivity index (χ1v) is 6.22. The highest BCUT2D eigenvalue weighted by atomic mass is 19.1. The van der Waals surface area contributed by atoms with E-state index >= 15 is 0 Å². The molecule has 1 aromatic rings. The zero-order valence-electron chi connectivity index (χ0n) is 10.1. The summed E-state index contributed by atoms with van der Waals surface area (Å²) in [6, 6.07) is 5.80. The maximum atomic E-state index is 13.3. The predicted octanol–water partition coefficient (Wildman–Crippen LogP) is 2.14. The number of ether oxygens (including phenoxy) is 1. The Morgan fingerprint density at radius 3 is 2.53 bits per heavy atom. The van der Waals surface area contributed by atoms with Crippen LogP contribution in [0.25, 0.3) is 0 Å². The predicted molar refractivity (Wildman–Crippen MR) is 64.3 cm³/mol. The van der Waals surface area contributed by atoms with Gasteiger partial charge in [-0.25, -0.2) is 4.39 Å². The highest BCUT2D eigenvalue weighted by Crippen LogP contribution is 2.48. The summed E-state index contributed by atoms with van der Waals surface area (Å²) in [5.41, 5.74) is 7.92. The van der Waals surface area contributed by atoms with Gasteiger partial charge in [0, 0.05) is 11.5 Å². The molecule has 0 bridgehead atoms. The van der Waals surface area contributed by atoms with Crippen molar-refractivity contribution in [1.29, 1.82) is 0 Å². The zero-order chi connectivity index (χ0) is 12.0. The van der Waals surface area contributed by atoms with Crippen LogP contribution in [0, 0.1) is 18.7 Å². The van der Waals surface area contributed by atoms with Crippen molar-refractivity contribution in [1.82, 2.24) is 0 Å². The van der Waals surface area contributed by atoms with Gasteiger partial charge in [-0.3, -0.25) is 0 Å². The molecule has 3 rings (SSSR count). The van der Waals surface area contributed by atoms with Crippen molar-refractivity contribution in [3.05, 3.63) is 35.1 Å². The van der Waals surface area contributed by atoms with Gasteiger partial charge < -0.3 is 10.5 Å². The molecule has 2 nitrogen and oxygen atoms in total. The first-order valence-electron chi connectivity index (χ1n) is 6.22. The molecule has 0 amide bonds. The fourth-order valence-electron chi connectivity index (χ4n) is 3.03. The van der Waals surface area contributed by atoms with Gasteiger partial charge in [0.05, 0.1) is 13.2 Å². The second kappa shape index (κ2) is 3.79. The number of rotatable bonds is 2. The van der Waals surface area contributed by atoms with E-state index in [2.05, 4.69) is 0 Å². The fourth-order valence-corrected chi connectivity index (χ4v) is 3.03. The van der Waals surface area contributed by atoms with Crippen molar-refractivity contribution in [2.45, 2.75) is 31.2 Å². The van der Waals surface area contributed by atoms with E-state index in [1.165, 1.54) is 5.56 Å². The first-order chi connectivity index (χ1) is 8.12. The summed E-state index contributed by atoms with van der Waals surface area (Å²) in [6.45, 7) is 3.34. The lowest BCUT2D eigenvalue weighted by Gasteiger charge is -2.53. The average molecular weight is 235 g/mol. The fraction of sp³-hybridized carbons (Fsp3) is 0.571. The Kier molecular flexibility index (Phi) is 2.49. The highest BCUT2D eigenvalue weighted by molar-refractivity contribution is 5.34. The minimum Gasteiger partial charge on any atom is -0.379 e. The third-order valence-electron chi connectivity index (χ3n) is 4.41. The van der Waals surface area contributed by atoms with Crippen LogP contribution in [0.1, 0.15) is 24.0 Å². The second-order valence-electron chi connectivity index (χ2n) is 5.54. The Balaban J connectivity index is 1.91. The van der Waals surface area contributed by atoms with Gasteiger partial charge in [-0.2, -0.15) is 0 Å². The molecule has 0 radical (unpaired) electrons. The highest BCUT2D eigenvalue weighted by Gasteiger charge is 2.51. The van der Waals surface area contributed by atoms with Crippen molar-refractivity contribution >= 4 is 0 Å². The maximum Gasteiger partial charge on any atom is 0.126 e.